The summed E-state index contributed by atoms with van der Waals surface area (Å²) >= 11 is 0. The third-order valence-electron chi connectivity index (χ3n) is 3.01. The Balaban J connectivity index is 2.33. The summed E-state index contributed by atoms with van der Waals surface area (Å²) in [7, 11) is 0. The van der Waals surface area contributed by atoms with Crippen molar-refractivity contribution in [2.45, 2.75) is 19.9 Å². The van der Waals surface area contributed by atoms with E-state index >= 15 is 0 Å². The first-order valence-electron chi connectivity index (χ1n) is 6.15. The van der Waals surface area contributed by atoms with Crippen molar-refractivity contribution in [2.75, 3.05) is 5.32 Å². The van der Waals surface area contributed by atoms with E-state index in [0.29, 0.717) is 12.1 Å². The average molecular weight is 302 g/mol. The molecule has 1 N–H and O–H groups in total. The average Bonchev–Trinajstić information content (AvgIpc) is 2.51. The zero-order valence-electron chi connectivity index (χ0n) is 11.0. The minimum atomic E-state index is -2.18. The van der Waals surface area contributed by atoms with Crippen molar-refractivity contribution in [1.29, 1.82) is 0 Å². The summed E-state index contributed by atoms with van der Waals surface area (Å²) in [6.07, 6.45) is 2.11. The zero-order chi connectivity index (χ0) is 15.6. The van der Waals surface area contributed by atoms with E-state index in [1.807, 2.05) is 6.92 Å². The van der Waals surface area contributed by atoms with Crippen molar-refractivity contribution < 1.29 is 22.0 Å². The van der Waals surface area contributed by atoms with E-state index < -0.39 is 34.8 Å². The van der Waals surface area contributed by atoms with Crippen molar-refractivity contribution in [1.82, 2.24) is 4.98 Å². The summed E-state index contributed by atoms with van der Waals surface area (Å²) in [6, 6.07) is 3.46. The number of hydrogen-bond acceptors (Lipinski definition) is 2. The second-order valence-corrected chi connectivity index (χ2v) is 4.26. The number of hydrogen-bond donors (Lipinski definition) is 1. The maximum Gasteiger partial charge on any atom is 0.200 e. The van der Waals surface area contributed by atoms with E-state index in [0.717, 1.165) is 5.56 Å². The smallest absolute Gasteiger partial charge is 0.200 e. The van der Waals surface area contributed by atoms with Crippen LogP contribution in [0.2, 0.25) is 0 Å². The van der Waals surface area contributed by atoms with Gasteiger partial charge in [-0.1, -0.05) is 13.0 Å². The number of rotatable bonds is 4. The van der Waals surface area contributed by atoms with Gasteiger partial charge >= 0.3 is 0 Å². The first-order chi connectivity index (χ1) is 9.97. The van der Waals surface area contributed by atoms with Gasteiger partial charge in [0.05, 0.1) is 12.2 Å². The van der Waals surface area contributed by atoms with Crippen LogP contribution in [0.15, 0.2) is 18.3 Å². The molecule has 2 nitrogen and oxygen atoms in total. The van der Waals surface area contributed by atoms with Crippen LogP contribution < -0.4 is 5.32 Å². The first kappa shape index (κ1) is 15.2. The number of benzene rings is 1. The normalized spacial score (nSPS) is 10.8. The van der Waals surface area contributed by atoms with Gasteiger partial charge in [-0.2, -0.15) is 0 Å². The lowest BCUT2D eigenvalue weighted by molar-refractivity contribution is 0.381. The highest BCUT2D eigenvalue weighted by Crippen LogP contribution is 2.27. The Morgan fingerprint density at radius 1 is 0.952 bits per heavy atom. The summed E-state index contributed by atoms with van der Waals surface area (Å²) in [6.45, 7) is 1.71. The topological polar surface area (TPSA) is 24.9 Å². The minimum absolute atomic E-state index is 0.150. The van der Waals surface area contributed by atoms with Gasteiger partial charge in [0.1, 0.15) is 5.69 Å². The number of aromatic nitrogens is 1. The van der Waals surface area contributed by atoms with Crippen LogP contribution in [-0.4, -0.2) is 4.98 Å². The van der Waals surface area contributed by atoms with Crippen LogP contribution in [-0.2, 0) is 13.0 Å². The molecule has 0 fully saturated rings. The lowest BCUT2D eigenvalue weighted by Gasteiger charge is -2.12. The second-order valence-electron chi connectivity index (χ2n) is 4.26. The molecule has 1 aromatic carbocycles. The van der Waals surface area contributed by atoms with Gasteiger partial charge in [-0.25, -0.2) is 22.0 Å². The summed E-state index contributed by atoms with van der Waals surface area (Å²) in [5.74, 6) is -9.91. The molecule has 0 saturated carbocycles. The lowest BCUT2D eigenvalue weighted by atomic mass is 10.1. The monoisotopic (exact) mass is 302 g/mol. The largest absolute Gasteiger partial charge is 0.374 e. The fraction of sp³-hybridized carbons (Fsp3) is 0.214. The maximum absolute atomic E-state index is 13.5. The standard InChI is InChI=1S/C14H11F5N2/c1-2-7-4-3-5-20-8(7)6-21-14-12(18)10(16)9(15)11(17)13(14)19/h3-5,21H,2,6H2,1H3. The number of anilines is 1. The van der Waals surface area contributed by atoms with E-state index in [9.17, 15) is 22.0 Å². The van der Waals surface area contributed by atoms with Crippen LogP contribution in [0.3, 0.4) is 0 Å². The van der Waals surface area contributed by atoms with E-state index in [4.69, 9.17) is 0 Å². The van der Waals surface area contributed by atoms with Gasteiger partial charge in [-0.05, 0) is 18.1 Å². The van der Waals surface area contributed by atoms with E-state index in [-0.39, 0.29) is 6.54 Å². The Morgan fingerprint density at radius 2 is 1.52 bits per heavy atom. The molecule has 1 heterocycles. The number of aryl methyl sites for hydroxylation is 1. The van der Waals surface area contributed by atoms with Gasteiger partial charge in [0.2, 0.25) is 5.82 Å². The molecule has 2 rings (SSSR count). The number of nitrogens with one attached hydrogen (secondary N) is 1. The minimum Gasteiger partial charge on any atom is -0.374 e. The van der Waals surface area contributed by atoms with Crippen LogP contribution in [0.25, 0.3) is 0 Å². The van der Waals surface area contributed by atoms with E-state index in [1.54, 1.807) is 12.1 Å². The Morgan fingerprint density at radius 3 is 2.10 bits per heavy atom. The molecule has 0 atom stereocenters. The van der Waals surface area contributed by atoms with Crippen LogP contribution in [0.5, 0.6) is 0 Å². The van der Waals surface area contributed by atoms with Crippen LogP contribution in [0.4, 0.5) is 27.6 Å². The highest BCUT2D eigenvalue weighted by atomic mass is 19.2. The van der Waals surface area contributed by atoms with Gasteiger partial charge in [0.25, 0.3) is 0 Å². The predicted octanol–water partition coefficient (Wildman–Crippen LogP) is 3.95. The Bertz CT molecular complexity index is 644. The molecule has 21 heavy (non-hydrogen) atoms. The second kappa shape index (κ2) is 6.07. The van der Waals surface area contributed by atoms with Crippen molar-refractivity contribution in [2.24, 2.45) is 0 Å². The molecule has 0 saturated heterocycles. The molecule has 0 aliphatic carbocycles. The molecule has 0 unspecified atom stereocenters. The highest BCUT2D eigenvalue weighted by molar-refractivity contribution is 5.48. The molecule has 0 radical (unpaired) electrons. The zero-order valence-corrected chi connectivity index (χ0v) is 11.0. The molecule has 112 valence electrons. The molecule has 0 aliphatic heterocycles. The van der Waals surface area contributed by atoms with Gasteiger partial charge in [0, 0.05) is 6.20 Å². The van der Waals surface area contributed by atoms with Crippen LogP contribution in [0, 0.1) is 29.1 Å². The fourth-order valence-corrected chi connectivity index (χ4v) is 1.88. The van der Waals surface area contributed by atoms with Gasteiger partial charge in [0.15, 0.2) is 23.3 Å². The Labute approximate surface area is 117 Å². The number of nitrogens with zero attached hydrogens (tertiary/aromatic N) is 1. The maximum atomic E-state index is 13.5. The molecule has 1 aromatic heterocycles. The molecular weight excluding hydrogens is 291 g/mol. The van der Waals surface area contributed by atoms with Crippen molar-refractivity contribution in [3.63, 3.8) is 0 Å². The third-order valence-corrected chi connectivity index (χ3v) is 3.01. The van der Waals surface area contributed by atoms with Crippen LogP contribution >= 0.6 is 0 Å². The van der Waals surface area contributed by atoms with E-state index in [2.05, 4.69) is 10.3 Å². The summed E-state index contributed by atoms with van der Waals surface area (Å²) in [5, 5.41) is 2.22. The quantitative estimate of drug-likeness (QED) is 0.525. The predicted molar refractivity (Wildman–Crippen MR) is 67.2 cm³/mol. The molecule has 0 bridgehead atoms. The van der Waals surface area contributed by atoms with Gasteiger partial charge in [-0.3, -0.25) is 4.98 Å². The molecule has 0 amide bonds. The Hall–Kier alpha value is -2.18. The van der Waals surface area contributed by atoms with Gasteiger partial charge < -0.3 is 5.32 Å². The number of halogens is 5. The molecule has 7 heteroatoms. The van der Waals surface area contributed by atoms with Crippen molar-refractivity contribution in [3.8, 4) is 0 Å². The van der Waals surface area contributed by atoms with Crippen molar-refractivity contribution >= 4 is 5.69 Å². The van der Waals surface area contributed by atoms with Crippen molar-refractivity contribution in [3.05, 3.63) is 58.7 Å². The molecule has 0 aliphatic rings. The SMILES string of the molecule is CCc1cccnc1CNc1c(F)c(F)c(F)c(F)c1F. The van der Waals surface area contributed by atoms with Crippen LogP contribution in [0.1, 0.15) is 18.2 Å². The van der Waals surface area contributed by atoms with Gasteiger partial charge in [-0.15, -0.1) is 0 Å². The summed E-state index contributed by atoms with van der Waals surface area (Å²) < 4.78 is 66.0. The molecule has 0 spiro atoms. The first-order valence-corrected chi connectivity index (χ1v) is 6.15. The number of pyridine rings is 1. The molecular formula is C14H11F5N2. The lowest BCUT2D eigenvalue weighted by Crippen LogP contribution is -2.11. The summed E-state index contributed by atoms with van der Waals surface area (Å²) in [5.41, 5.74) is 0.233. The summed E-state index contributed by atoms with van der Waals surface area (Å²) in [4.78, 5) is 4.02. The van der Waals surface area contributed by atoms with E-state index in [1.165, 1.54) is 6.20 Å². The molecule has 2 aromatic rings. The Kier molecular flexibility index (Phi) is 4.40. The third kappa shape index (κ3) is 2.81. The highest BCUT2D eigenvalue weighted by Gasteiger charge is 2.25. The fourth-order valence-electron chi connectivity index (χ4n) is 1.88.